The third kappa shape index (κ3) is 5.61. The summed E-state index contributed by atoms with van der Waals surface area (Å²) in [6.45, 7) is 6.29. The van der Waals surface area contributed by atoms with E-state index in [-0.39, 0.29) is 5.91 Å². The van der Waals surface area contributed by atoms with Gasteiger partial charge in [0.15, 0.2) is 11.5 Å². The summed E-state index contributed by atoms with van der Waals surface area (Å²) < 4.78 is 10.6. The van der Waals surface area contributed by atoms with Crippen molar-refractivity contribution in [2.24, 2.45) is 0 Å². The van der Waals surface area contributed by atoms with Gasteiger partial charge in [0, 0.05) is 25.8 Å². The fraction of sp³-hybridized carbons (Fsp3) is 0.429. The number of methoxy groups -OCH3 is 2. The topological polar surface area (TPSA) is 63.7 Å². The van der Waals surface area contributed by atoms with Crippen molar-refractivity contribution < 1.29 is 14.3 Å². The summed E-state index contributed by atoms with van der Waals surface area (Å²) >= 11 is 0. The number of ether oxygens (including phenoxy) is 2. The van der Waals surface area contributed by atoms with Crippen LogP contribution in [-0.4, -0.2) is 43.1 Å². The molecule has 0 saturated heterocycles. The Kier molecular flexibility index (Phi) is 7.92. The van der Waals surface area contributed by atoms with Crippen molar-refractivity contribution in [1.29, 1.82) is 0 Å². The highest BCUT2D eigenvalue weighted by Gasteiger charge is 2.14. The average molecular weight is 371 g/mol. The Morgan fingerprint density at radius 2 is 1.74 bits per heavy atom. The molecule has 0 saturated carbocycles. The Balaban J connectivity index is 2.00. The molecule has 0 aliphatic carbocycles. The lowest BCUT2D eigenvalue weighted by Gasteiger charge is -2.21. The van der Waals surface area contributed by atoms with Gasteiger partial charge < -0.3 is 19.7 Å². The number of carbonyl (C=O) groups excluding carboxylic acids is 1. The minimum Gasteiger partial charge on any atom is -0.493 e. The lowest BCUT2D eigenvalue weighted by molar-refractivity contribution is 0.0755. The number of hydrogen-bond donors (Lipinski definition) is 1. The van der Waals surface area contributed by atoms with E-state index in [1.807, 2.05) is 35.2 Å². The molecular weight excluding hydrogens is 342 g/mol. The number of anilines is 1. The maximum Gasteiger partial charge on any atom is 0.255 e. The van der Waals surface area contributed by atoms with Crippen molar-refractivity contribution in [2.45, 2.75) is 33.2 Å². The smallest absolute Gasteiger partial charge is 0.255 e. The maximum atomic E-state index is 12.6. The van der Waals surface area contributed by atoms with Crippen LogP contribution in [0.2, 0.25) is 0 Å². The zero-order valence-corrected chi connectivity index (χ0v) is 16.6. The van der Waals surface area contributed by atoms with Gasteiger partial charge in [-0.25, -0.2) is 4.98 Å². The number of hydrogen-bond acceptors (Lipinski definition) is 5. The summed E-state index contributed by atoms with van der Waals surface area (Å²) in [5.74, 6) is 2.15. The van der Waals surface area contributed by atoms with Gasteiger partial charge in [-0.2, -0.15) is 0 Å². The molecule has 1 amide bonds. The first-order valence-corrected chi connectivity index (χ1v) is 9.33. The number of pyridine rings is 1. The van der Waals surface area contributed by atoms with Gasteiger partial charge in [-0.3, -0.25) is 4.79 Å². The Morgan fingerprint density at radius 3 is 2.30 bits per heavy atom. The minimum absolute atomic E-state index is 0.0395. The van der Waals surface area contributed by atoms with E-state index >= 15 is 0 Å². The predicted octanol–water partition coefficient (Wildman–Crippen LogP) is 3.97. The van der Waals surface area contributed by atoms with Gasteiger partial charge in [-0.15, -0.1) is 0 Å². The van der Waals surface area contributed by atoms with Crippen molar-refractivity contribution in [3.8, 4) is 11.5 Å². The van der Waals surface area contributed by atoms with Gasteiger partial charge in [0.2, 0.25) is 0 Å². The number of carbonyl (C=O) groups is 1. The molecule has 0 spiro atoms. The molecule has 0 aliphatic heterocycles. The van der Waals surface area contributed by atoms with Crippen LogP contribution in [0.1, 0.15) is 42.6 Å². The number of benzene rings is 1. The van der Waals surface area contributed by atoms with Crippen LogP contribution in [0.15, 0.2) is 36.5 Å². The first-order valence-electron chi connectivity index (χ1n) is 9.33. The third-order valence-corrected chi connectivity index (χ3v) is 4.21. The van der Waals surface area contributed by atoms with E-state index < -0.39 is 0 Å². The van der Waals surface area contributed by atoms with Crippen molar-refractivity contribution >= 4 is 11.7 Å². The molecule has 1 N–H and O–H groups in total. The summed E-state index contributed by atoms with van der Waals surface area (Å²) in [6, 6.07) is 9.44. The number of nitrogens with zero attached hydrogens (tertiary/aromatic N) is 2. The summed E-state index contributed by atoms with van der Waals surface area (Å²) in [6.07, 6.45) is 3.53. The molecule has 0 unspecified atom stereocenters. The van der Waals surface area contributed by atoms with Crippen LogP contribution in [0.3, 0.4) is 0 Å². The van der Waals surface area contributed by atoms with E-state index in [0.717, 1.165) is 37.3 Å². The van der Waals surface area contributed by atoms with Gasteiger partial charge in [0.25, 0.3) is 5.91 Å². The molecule has 6 heteroatoms. The second-order valence-corrected chi connectivity index (χ2v) is 6.27. The molecule has 1 aromatic heterocycles. The lowest BCUT2D eigenvalue weighted by atomic mass is 10.2. The van der Waals surface area contributed by atoms with Crippen LogP contribution < -0.4 is 14.8 Å². The van der Waals surface area contributed by atoms with E-state index in [9.17, 15) is 4.79 Å². The number of aromatic nitrogens is 1. The molecule has 27 heavy (non-hydrogen) atoms. The minimum atomic E-state index is 0.0395. The average Bonchev–Trinajstić information content (AvgIpc) is 2.71. The maximum absolute atomic E-state index is 12.6. The molecule has 0 aliphatic rings. The van der Waals surface area contributed by atoms with Crippen molar-refractivity contribution in [2.75, 3.05) is 32.6 Å². The molecule has 0 fully saturated rings. The number of nitrogens with one attached hydrogen (secondary N) is 1. The Hall–Kier alpha value is -2.76. The molecule has 2 rings (SSSR count). The highest BCUT2D eigenvalue weighted by atomic mass is 16.5. The van der Waals surface area contributed by atoms with E-state index in [4.69, 9.17) is 9.47 Å². The quantitative estimate of drug-likeness (QED) is 0.684. The van der Waals surface area contributed by atoms with Gasteiger partial charge >= 0.3 is 0 Å². The fourth-order valence-corrected chi connectivity index (χ4v) is 2.85. The summed E-state index contributed by atoms with van der Waals surface area (Å²) in [5, 5.41) is 3.26. The standard InChI is InChI=1S/C21H29N3O3/c1-5-11-24(12-6-2)21(25)17-8-10-20(23-15-17)22-14-16-7-9-18(26-3)19(13-16)27-4/h7-10,13,15H,5-6,11-12,14H2,1-4H3,(H,22,23). The van der Waals surface area contributed by atoms with E-state index in [0.29, 0.717) is 23.6 Å². The van der Waals surface area contributed by atoms with Gasteiger partial charge in [-0.1, -0.05) is 19.9 Å². The highest BCUT2D eigenvalue weighted by Crippen LogP contribution is 2.27. The second kappa shape index (κ2) is 10.4. The fourth-order valence-electron chi connectivity index (χ4n) is 2.85. The molecule has 0 atom stereocenters. The van der Waals surface area contributed by atoms with Crippen molar-refractivity contribution in [3.63, 3.8) is 0 Å². The first-order chi connectivity index (χ1) is 13.1. The van der Waals surface area contributed by atoms with Crippen molar-refractivity contribution in [3.05, 3.63) is 47.7 Å². The monoisotopic (exact) mass is 371 g/mol. The molecule has 1 heterocycles. The Labute approximate surface area is 161 Å². The van der Waals surface area contributed by atoms with Crippen LogP contribution in [0, 0.1) is 0 Å². The van der Waals surface area contributed by atoms with Crippen LogP contribution in [0.5, 0.6) is 11.5 Å². The molecule has 1 aromatic carbocycles. The van der Waals surface area contributed by atoms with E-state index in [2.05, 4.69) is 24.1 Å². The first kappa shape index (κ1) is 20.6. The summed E-state index contributed by atoms with van der Waals surface area (Å²) in [7, 11) is 3.23. The zero-order chi connectivity index (χ0) is 19.6. The van der Waals surface area contributed by atoms with Crippen LogP contribution in [0.4, 0.5) is 5.82 Å². The number of rotatable bonds is 10. The lowest BCUT2D eigenvalue weighted by Crippen LogP contribution is -2.32. The molecule has 6 nitrogen and oxygen atoms in total. The Bertz CT molecular complexity index is 726. The summed E-state index contributed by atoms with van der Waals surface area (Å²) in [4.78, 5) is 18.8. The normalized spacial score (nSPS) is 10.4. The van der Waals surface area contributed by atoms with Gasteiger partial charge in [0.1, 0.15) is 5.82 Å². The molecule has 0 radical (unpaired) electrons. The van der Waals surface area contributed by atoms with Gasteiger partial charge in [0.05, 0.1) is 19.8 Å². The third-order valence-electron chi connectivity index (χ3n) is 4.21. The van der Waals surface area contributed by atoms with Crippen LogP contribution in [-0.2, 0) is 6.54 Å². The van der Waals surface area contributed by atoms with Crippen LogP contribution >= 0.6 is 0 Å². The highest BCUT2D eigenvalue weighted by molar-refractivity contribution is 5.94. The largest absolute Gasteiger partial charge is 0.493 e. The molecule has 0 bridgehead atoms. The summed E-state index contributed by atoms with van der Waals surface area (Å²) in [5.41, 5.74) is 1.67. The van der Waals surface area contributed by atoms with Crippen molar-refractivity contribution in [1.82, 2.24) is 9.88 Å². The number of amides is 1. The predicted molar refractivity (Wildman–Crippen MR) is 108 cm³/mol. The Morgan fingerprint density at radius 1 is 1.04 bits per heavy atom. The SMILES string of the molecule is CCCN(CCC)C(=O)c1ccc(NCc2ccc(OC)c(OC)c2)nc1. The zero-order valence-electron chi connectivity index (χ0n) is 16.6. The van der Waals surface area contributed by atoms with E-state index in [1.54, 1.807) is 20.4 Å². The second-order valence-electron chi connectivity index (χ2n) is 6.27. The molecular formula is C21H29N3O3. The molecule has 2 aromatic rings. The van der Waals surface area contributed by atoms with E-state index in [1.165, 1.54) is 0 Å². The van der Waals surface area contributed by atoms with Crippen LogP contribution in [0.25, 0.3) is 0 Å². The van der Waals surface area contributed by atoms with Gasteiger partial charge in [-0.05, 0) is 42.7 Å². The molecule has 146 valence electrons.